The lowest BCUT2D eigenvalue weighted by molar-refractivity contribution is -0.131. The van der Waals surface area contributed by atoms with Gasteiger partial charge in [-0.3, -0.25) is 4.79 Å². The molecule has 0 bridgehead atoms. The minimum absolute atomic E-state index is 0.0599. The normalized spacial score (nSPS) is 13.9. The zero-order chi connectivity index (χ0) is 15.5. The zero-order valence-electron chi connectivity index (χ0n) is 12.1. The molecule has 1 saturated carbocycles. The van der Waals surface area contributed by atoms with E-state index in [4.69, 9.17) is 0 Å². The first-order chi connectivity index (χ1) is 10.6. The molecule has 2 aromatic carbocycles. The molecule has 2 nitrogen and oxygen atoms in total. The average molecular weight is 301 g/mol. The van der Waals surface area contributed by atoms with E-state index < -0.39 is 0 Å². The van der Waals surface area contributed by atoms with Crippen LogP contribution >= 0.6 is 0 Å². The molecule has 0 aromatic heterocycles. The van der Waals surface area contributed by atoms with E-state index in [0.29, 0.717) is 12.1 Å². The van der Waals surface area contributed by atoms with Crippen molar-refractivity contribution in [1.29, 1.82) is 0 Å². The molecule has 0 aliphatic heterocycles. The van der Waals surface area contributed by atoms with Crippen molar-refractivity contribution in [3.8, 4) is 0 Å². The van der Waals surface area contributed by atoms with E-state index in [0.717, 1.165) is 18.4 Å². The number of hydrogen-bond acceptors (Lipinski definition) is 1. The van der Waals surface area contributed by atoms with Gasteiger partial charge in [-0.1, -0.05) is 30.3 Å². The third-order valence-corrected chi connectivity index (χ3v) is 3.87. The van der Waals surface area contributed by atoms with Crippen molar-refractivity contribution in [1.82, 2.24) is 4.90 Å². The Labute approximate surface area is 128 Å². The lowest BCUT2D eigenvalue weighted by Crippen LogP contribution is -2.34. The van der Waals surface area contributed by atoms with Gasteiger partial charge in [-0.05, 0) is 42.2 Å². The maximum atomic E-state index is 13.7. The van der Waals surface area contributed by atoms with Crippen LogP contribution in [0.1, 0.15) is 24.0 Å². The van der Waals surface area contributed by atoms with Gasteiger partial charge in [0.05, 0.1) is 6.42 Å². The first kappa shape index (κ1) is 14.7. The largest absolute Gasteiger partial charge is 0.335 e. The SMILES string of the molecule is O=C(Cc1ccccc1F)N(Cc1ccc(F)cc1)C1CC1. The van der Waals surface area contributed by atoms with Gasteiger partial charge in [0.25, 0.3) is 0 Å². The summed E-state index contributed by atoms with van der Waals surface area (Å²) in [4.78, 5) is 14.3. The summed E-state index contributed by atoms with van der Waals surface area (Å²) in [6.45, 7) is 0.443. The summed E-state index contributed by atoms with van der Waals surface area (Å²) in [5.74, 6) is -0.732. The molecule has 0 heterocycles. The van der Waals surface area contributed by atoms with E-state index in [1.807, 2.05) is 0 Å². The van der Waals surface area contributed by atoms with Crippen LogP contribution in [0.5, 0.6) is 0 Å². The van der Waals surface area contributed by atoms with Crippen LogP contribution in [0.15, 0.2) is 48.5 Å². The fourth-order valence-electron chi connectivity index (χ4n) is 2.50. The predicted octanol–water partition coefficient (Wildman–Crippen LogP) is 3.70. The van der Waals surface area contributed by atoms with Gasteiger partial charge in [0.15, 0.2) is 0 Å². The van der Waals surface area contributed by atoms with Crippen LogP contribution in [0.4, 0.5) is 8.78 Å². The summed E-state index contributed by atoms with van der Waals surface area (Å²) in [7, 11) is 0. The second-order valence-corrected chi connectivity index (χ2v) is 5.65. The molecule has 1 aliphatic carbocycles. The molecule has 0 radical (unpaired) electrons. The molecule has 0 saturated heterocycles. The Morgan fingerprint density at radius 2 is 1.73 bits per heavy atom. The summed E-state index contributed by atoms with van der Waals surface area (Å²) in [5.41, 5.74) is 1.30. The lowest BCUT2D eigenvalue weighted by Gasteiger charge is -2.23. The van der Waals surface area contributed by atoms with E-state index in [-0.39, 0.29) is 30.0 Å². The molecule has 2 aromatic rings. The minimum Gasteiger partial charge on any atom is -0.335 e. The van der Waals surface area contributed by atoms with Gasteiger partial charge in [-0.2, -0.15) is 0 Å². The Balaban J connectivity index is 1.72. The van der Waals surface area contributed by atoms with Gasteiger partial charge in [0.1, 0.15) is 11.6 Å². The van der Waals surface area contributed by atoms with E-state index in [9.17, 15) is 13.6 Å². The van der Waals surface area contributed by atoms with Crippen molar-refractivity contribution >= 4 is 5.91 Å². The molecule has 3 rings (SSSR count). The zero-order valence-corrected chi connectivity index (χ0v) is 12.1. The Hall–Kier alpha value is -2.23. The monoisotopic (exact) mass is 301 g/mol. The summed E-state index contributed by atoms with van der Waals surface area (Å²) in [6.07, 6.45) is 2.01. The van der Waals surface area contributed by atoms with Crippen molar-refractivity contribution in [3.63, 3.8) is 0 Å². The minimum atomic E-state index is -0.353. The fourth-order valence-corrected chi connectivity index (χ4v) is 2.50. The number of benzene rings is 2. The van der Waals surface area contributed by atoms with Crippen LogP contribution < -0.4 is 0 Å². The molecule has 114 valence electrons. The van der Waals surface area contributed by atoms with Gasteiger partial charge in [-0.15, -0.1) is 0 Å². The number of carbonyl (C=O) groups excluding carboxylic acids is 1. The molecule has 4 heteroatoms. The molecule has 22 heavy (non-hydrogen) atoms. The maximum Gasteiger partial charge on any atom is 0.227 e. The predicted molar refractivity (Wildman–Crippen MR) is 80.1 cm³/mol. The molecule has 1 amide bonds. The average Bonchev–Trinajstić information content (AvgIpc) is 3.33. The maximum absolute atomic E-state index is 13.7. The number of rotatable bonds is 5. The second kappa shape index (κ2) is 6.26. The van der Waals surface area contributed by atoms with Crippen molar-refractivity contribution < 1.29 is 13.6 Å². The van der Waals surface area contributed by atoms with E-state index in [1.54, 1.807) is 35.2 Å². The van der Waals surface area contributed by atoms with Crippen LogP contribution in [0.3, 0.4) is 0 Å². The highest BCUT2D eigenvalue weighted by molar-refractivity contribution is 5.79. The highest BCUT2D eigenvalue weighted by Crippen LogP contribution is 2.29. The molecule has 1 fully saturated rings. The van der Waals surface area contributed by atoms with Crippen LogP contribution in [0.25, 0.3) is 0 Å². The number of nitrogens with zero attached hydrogens (tertiary/aromatic N) is 1. The summed E-state index contributed by atoms with van der Waals surface area (Å²) < 4.78 is 26.7. The van der Waals surface area contributed by atoms with Crippen LogP contribution in [-0.4, -0.2) is 16.8 Å². The lowest BCUT2D eigenvalue weighted by atomic mass is 10.1. The van der Waals surface area contributed by atoms with Crippen LogP contribution in [-0.2, 0) is 17.8 Å². The van der Waals surface area contributed by atoms with E-state index in [1.165, 1.54) is 18.2 Å². The Morgan fingerprint density at radius 1 is 1.05 bits per heavy atom. The molecular formula is C18H17F2NO. The Morgan fingerprint density at radius 3 is 2.36 bits per heavy atom. The number of halogens is 2. The Kier molecular flexibility index (Phi) is 4.18. The van der Waals surface area contributed by atoms with Gasteiger partial charge in [0, 0.05) is 12.6 Å². The van der Waals surface area contributed by atoms with Gasteiger partial charge in [0.2, 0.25) is 5.91 Å². The van der Waals surface area contributed by atoms with E-state index in [2.05, 4.69) is 0 Å². The molecule has 0 atom stereocenters. The second-order valence-electron chi connectivity index (χ2n) is 5.65. The van der Waals surface area contributed by atoms with Gasteiger partial charge < -0.3 is 4.90 Å². The van der Waals surface area contributed by atoms with Gasteiger partial charge >= 0.3 is 0 Å². The first-order valence-corrected chi connectivity index (χ1v) is 7.41. The number of amides is 1. The molecule has 0 N–H and O–H groups in total. The van der Waals surface area contributed by atoms with Crippen molar-refractivity contribution in [3.05, 3.63) is 71.3 Å². The summed E-state index contributed by atoms with van der Waals surface area (Å²) in [6, 6.07) is 12.7. The quantitative estimate of drug-likeness (QED) is 0.824. The van der Waals surface area contributed by atoms with Crippen LogP contribution in [0.2, 0.25) is 0 Å². The highest BCUT2D eigenvalue weighted by Gasteiger charge is 2.32. The standard InChI is InChI=1S/C18H17F2NO/c19-15-7-5-13(6-8-15)12-21(16-9-10-16)18(22)11-14-3-1-2-4-17(14)20/h1-8,16H,9-12H2. The summed E-state index contributed by atoms with van der Waals surface area (Å²) in [5, 5.41) is 0. The van der Waals surface area contributed by atoms with Crippen molar-refractivity contribution in [2.45, 2.75) is 31.8 Å². The van der Waals surface area contributed by atoms with Crippen LogP contribution in [0, 0.1) is 11.6 Å². The highest BCUT2D eigenvalue weighted by atomic mass is 19.1. The molecule has 0 spiro atoms. The number of hydrogen-bond donors (Lipinski definition) is 0. The van der Waals surface area contributed by atoms with Gasteiger partial charge in [-0.25, -0.2) is 8.78 Å². The molecular weight excluding hydrogens is 284 g/mol. The first-order valence-electron chi connectivity index (χ1n) is 7.41. The van der Waals surface area contributed by atoms with Crippen molar-refractivity contribution in [2.24, 2.45) is 0 Å². The third kappa shape index (κ3) is 3.50. The Bertz CT molecular complexity index is 665. The summed E-state index contributed by atoms with van der Waals surface area (Å²) >= 11 is 0. The smallest absolute Gasteiger partial charge is 0.227 e. The molecule has 1 aliphatic rings. The van der Waals surface area contributed by atoms with Crippen molar-refractivity contribution in [2.75, 3.05) is 0 Å². The van der Waals surface area contributed by atoms with E-state index >= 15 is 0 Å². The topological polar surface area (TPSA) is 20.3 Å². The molecule has 0 unspecified atom stereocenters. The third-order valence-electron chi connectivity index (χ3n) is 3.87. The fraction of sp³-hybridized carbons (Fsp3) is 0.278. The number of carbonyl (C=O) groups is 1.